The van der Waals surface area contributed by atoms with Crippen LogP contribution in [0.4, 0.5) is 5.69 Å². The number of rotatable bonds is 5. The molecule has 2 heterocycles. The first-order valence-corrected chi connectivity index (χ1v) is 9.77. The lowest BCUT2D eigenvalue weighted by Gasteiger charge is -2.41. The van der Waals surface area contributed by atoms with Crippen LogP contribution < -0.4 is 5.01 Å². The Hall–Kier alpha value is -2.84. The number of anilines is 1. The maximum absolute atomic E-state index is 9.46. The Bertz CT molecular complexity index is 968. The summed E-state index contributed by atoms with van der Waals surface area (Å²) in [6.07, 6.45) is 6.49. The maximum atomic E-state index is 9.46. The number of hydrogen-bond donors (Lipinski definition) is 1. The summed E-state index contributed by atoms with van der Waals surface area (Å²) in [6, 6.07) is 14.6. The predicted molar refractivity (Wildman–Crippen MR) is 108 cm³/mol. The molecular formula is C22H25N5. The predicted octanol–water partition coefficient (Wildman–Crippen LogP) is 4.40. The fraction of sp³-hybridized carbons (Fsp3) is 0.364. The van der Waals surface area contributed by atoms with E-state index in [-0.39, 0.29) is 0 Å². The van der Waals surface area contributed by atoms with Crippen molar-refractivity contribution in [2.24, 2.45) is 0 Å². The van der Waals surface area contributed by atoms with Crippen molar-refractivity contribution in [3.05, 3.63) is 59.4 Å². The summed E-state index contributed by atoms with van der Waals surface area (Å²) >= 11 is 0. The van der Waals surface area contributed by atoms with Gasteiger partial charge in [-0.2, -0.15) is 10.4 Å². The molecule has 138 valence electrons. The molecule has 1 aromatic heterocycles. The van der Waals surface area contributed by atoms with E-state index in [0.717, 1.165) is 48.8 Å². The van der Waals surface area contributed by atoms with E-state index >= 15 is 0 Å². The second-order valence-electron chi connectivity index (χ2n) is 7.13. The number of aryl methyl sites for hydroxylation is 1. The number of benzene rings is 2. The molecule has 1 N–H and O–H groups in total. The van der Waals surface area contributed by atoms with E-state index in [2.05, 4.69) is 51.4 Å². The highest BCUT2D eigenvalue weighted by Crippen LogP contribution is 2.32. The Morgan fingerprint density at radius 3 is 2.74 bits per heavy atom. The monoisotopic (exact) mass is 359 g/mol. The van der Waals surface area contributed by atoms with Crippen LogP contribution in [0.25, 0.3) is 10.8 Å². The first-order valence-electron chi connectivity index (χ1n) is 9.77. The van der Waals surface area contributed by atoms with Gasteiger partial charge in [-0.15, -0.1) is 0 Å². The number of nitrogens with zero attached hydrogens (tertiary/aromatic N) is 4. The Balaban J connectivity index is 1.70. The number of nitriles is 1. The van der Waals surface area contributed by atoms with Gasteiger partial charge in [0.25, 0.3) is 0 Å². The second kappa shape index (κ2) is 7.81. The number of aromatic nitrogens is 2. The van der Waals surface area contributed by atoms with Gasteiger partial charge in [0, 0.05) is 41.7 Å². The van der Waals surface area contributed by atoms with Gasteiger partial charge in [-0.1, -0.05) is 37.6 Å². The normalized spacial score (nSPS) is 15.2. The molecule has 0 unspecified atom stereocenters. The minimum absolute atomic E-state index is 0.734. The zero-order valence-corrected chi connectivity index (χ0v) is 15.8. The van der Waals surface area contributed by atoms with E-state index < -0.39 is 0 Å². The molecule has 1 saturated heterocycles. The molecule has 3 aromatic rings. The van der Waals surface area contributed by atoms with Crippen LogP contribution in [0.2, 0.25) is 0 Å². The molecule has 2 aromatic carbocycles. The van der Waals surface area contributed by atoms with Gasteiger partial charge in [0.05, 0.1) is 23.5 Å². The molecule has 1 fully saturated rings. The summed E-state index contributed by atoms with van der Waals surface area (Å²) in [4.78, 5) is 0. The number of aromatic amines is 1. The van der Waals surface area contributed by atoms with Crippen LogP contribution in [0.3, 0.4) is 0 Å². The summed E-state index contributed by atoms with van der Waals surface area (Å²) in [6.45, 7) is 5.09. The summed E-state index contributed by atoms with van der Waals surface area (Å²) in [5, 5.41) is 23.9. The van der Waals surface area contributed by atoms with Crippen LogP contribution in [0.15, 0.2) is 42.6 Å². The van der Waals surface area contributed by atoms with Gasteiger partial charge in [0.1, 0.15) is 0 Å². The number of hydrazine groups is 1. The van der Waals surface area contributed by atoms with Gasteiger partial charge in [0.2, 0.25) is 0 Å². The topological polar surface area (TPSA) is 59.0 Å². The molecule has 1 aliphatic heterocycles. The quantitative estimate of drug-likeness (QED) is 0.733. The minimum Gasteiger partial charge on any atom is -0.305 e. The average molecular weight is 359 g/mol. The van der Waals surface area contributed by atoms with Crippen molar-refractivity contribution in [2.75, 3.05) is 18.1 Å². The van der Waals surface area contributed by atoms with Crippen molar-refractivity contribution in [1.29, 1.82) is 5.26 Å². The zero-order chi connectivity index (χ0) is 18.6. The van der Waals surface area contributed by atoms with Crippen LogP contribution in [0, 0.1) is 11.3 Å². The lowest BCUT2D eigenvalue weighted by atomic mass is 10.0. The van der Waals surface area contributed by atoms with E-state index in [1.54, 1.807) is 0 Å². The largest absolute Gasteiger partial charge is 0.305 e. The summed E-state index contributed by atoms with van der Waals surface area (Å²) < 4.78 is 0. The Morgan fingerprint density at radius 2 is 1.93 bits per heavy atom. The highest BCUT2D eigenvalue weighted by atomic mass is 15.6. The highest BCUT2D eigenvalue weighted by Gasteiger charge is 2.23. The second-order valence-corrected chi connectivity index (χ2v) is 7.13. The van der Waals surface area contributed by atoms with Crippen molar-refractivity contribution >= 4 is 16.5 Å². The molecule has 5 heteroatoms. The molecule has 5 nitrogen and oxygen atoms in total. The van der Waals surface area contributed by atoms with Gasteiger partial charge < -0.3 is 5.01 Å². The first kappa shape index (κ1) is 17.6. The summed E-state index contributed by atoms with van der Waals surface area (Å²) in [7, 11) is 0. The lowest BCUT2D eigenvalue weighted by molar-refractivity contribution is 0.204. The number of H-pyrrole nitrogens is 1. The molecule has 4 rings (SSSR count). The van der Waals surface area contributed by atoms with Crippen molar-refractivity contribution in [3.63, 3.8) is 0 Å². The zero-order valence-electron chi connectivity index (χ0n) is 15.8. The Morgan fingerprint density at radius 1 is 1.11 bits per heavy atom. The summed E-state index contributed by atoms with van der Waals surface area (Å²) in [5.74, 6) is 0. The molecule has 27 heavy (non-hydrogen) atoms. The molecule has 0 radical (unpaired) electrons. The number of fused-ring (bicyclic) bond motifs is 1. The van der Waals surface area contributed by atoms with Gasteiger partial charge in [0.15, 0.2) is 0 Å². The summed E-state index contributed by atoms with van der Waals surface area (Å²) in [5.41, 5.74) is 4.44. The smallest absolute Gasteiger partial charge is 0.0998 e. The molecule has 0 aliphatic carbocycles. The van der Waals surface area contributed by atoms with Crippen molar-refractivity contribution in [2.45, 2.75) is 39.2 Å². The standard InChI is InChI=1S/C22H25N5/c1-2-7-21-18(15-24-25-21)16-26-12-5-6-13-27(26)22-11-10-17(14-23)19-8-3-4-9-20(19)22/h3-4,8-11,15H,2,5-7,12-13,16H2,1H3,(H,24,25). The molecule has 0 saturated carbocycles. The highest BCUT2D eigenvalue weighted by molar-refractivity contribution is 5.97. The first-order chi connectivity index (χ1) is 13.3. The van der Waals surface area contributed by atoms with Gasteiger partial charge >= 0.3 is 0 Å². The maximum Gasteiger partial charge on any atom is 0.0998 e. The molecular weight excluding hydrogens is 334 g/mol. The Kier molecular flexibility index (Phi) is 5.08. The van der Waals surface area contributed by atoms with Gasteiger partial charge in [-0.3, -0.25) is 5.10 Å². The third-order valence-corrected chi connectivity index (χ3v) is 5.34. The van der Waals surface area contributed by atoms with Crippen LogP contribution in [0.5, 0.6) is 0 Å². The fourth-order valence-corrected chi connectivity index (χ4v) is 4.00. The van der Waals surface area contributed by atoms with Crippen LogP contribution >= 0.6 is 0 Å². The van der Waals surface area contributed by atoms with E-state index in [0.29, 0.717) is 0 Å². The molecule has 1 aliphatic rings. The Labute approximate surface area is 160 Å². The van der Waals surface area contributed by atoms with Crippen LogP contribution in [-0.2, 0) is 13.0 Å². The third kappa shape index (κ3) is 3.41. The fourth-order valence-electron chi connectivity index (χ4n) is 4.00. The molecule has 0 amide bonds. The molecule has 0 bridgehead atoms. The molecule has 0 spiro atoms. The van der Waals surface area contributed by atoms with Crippen molar-refractivity contribution in [1.82, 2.24) is 15.2 Å². The van der Waals surface area contributed by atoms with Gasteiger partial charge in [-0.25, -0.2) is 5.01 Å². The SMILES string of the molecule is CCCc1[nH]ncc1CN1CCCCN1c1ccc(C#N)c2ccccc12. The van der Waals surface area contributed by atoms with Crippen LogP contribution in [0.1, 0.15) is 43.0 Å². The number of nitrogens with one attached hydrogen (secondary N) is 1. The van der Waals surface area contributed by atoms with E-state index in [9.17, 15) is 5.26 Å². The van der Waals surface area contributed by atoms with E-state index in [1.807, 2.05) is 24.4 Å². The van der Waals surface area contributed by atoms with Crippen LogP contribution in [-0.4, -0.2) is 28.3 Å². The van der Waals surface area contributed by atoms with E-state index in [1.165, 1.54) is 29.8 Å². The average Bonchev–Trinajstić information content (AvgIpc) is 3.15. The van der Waals surface area contributed by atoms with Crippen molar-refractivity contribution < 1.29 is 0 Å². The van der Waals surface area contributed by atoms with E-state index in [4.69, 9.17) is 0 Å². The lowest BCUT2D eigenvalue weighted by Crippen LogP contribution is -2.47. The van der Waals surface area contributed by atoms with Crippen molar-refractivity contribution in [3.8, 4) is 6.07 Å². The third-order valence-electron chi connectivity index (χ3n) is 5.34. The number of hydrogen-bond acceptors (Lipinski definition) is 4. The molecule has 0 atom stereocenters. The minimum atomic E-state index is 0.734. The van der Waals surface area contributed by atoms with Gasteiger partial charge in [-0.05, 0) is 31.4 Å².